The fourth-order valence-electron chi connectivity index (χ4n) is 7.16. The van der Waals surface area contributed by atoms with Gasteiger partial charge in [-0.25, -0.2) is 0 Å². The topological polar surface area (TPSA) is 44.8 Å². The number of ether oxygens (including phenoxy) is 1. The molecule has 4 aromatic rings. The number of hydrogen-bond donors (Lipinski definition) is 0. The molecular weight excluding hydrogens is 613 g/mol. The van der Waals surface area contributed by atoms with Crippen LogP contribution in [0.3, 0.4) is 0 Å². The molecule has 6 heteroatoms. The van der Waals surface area contributed by atoms with E-state index in [4.69, 9.17) is 13.6 Å². The summed E-state index contributed by atoms with van der Waals surface area (Å²) in [6.45, 7) is 13.9. The van der Waals surface area contributed by atoms with Crippen molar-refractivity contribution in [2.24, 2.45) is 0 Å². The molecule has 4 nitrogen and oxygen atoms in total. The highest BCUT2D eigenvalue weighted by molar-refractivity contribution is 7.00. The second kappa shape index (κ2) is 14.7. The summed E-state index contributed by atoms with van der Waals surface area (Å²) in [4.78, 5) is 13.4. The van der Waals surface area contributed by atoms with Crippen LogP contribution in [0.25, 0.3) is 0 Å². The zero-order valence-electron chi connectivity index (χ0n) is 28.8. The predicted molar refractivity (Wildman–Crippen MR) is 199 cm³/mol. The predicted octanol–water partition coefficient (Wildman–Crippen LogP) is 7.16. The van der Waals surface area contributed by atoms with E-state index in [-0.39, 0.29) is 22.7 Å². The molecule has 0 amide bonds. The van der Waals surface area contributed by atoms with E-state index in [2.05, 4.69) is 175 Å². The van der Waals surface area contributed by atoms with Crippen LogP contribution in [0.15, 0.2) is 133 Å². The van der Waals surface area contributed by atoms with Crippen LogP contribution < -0.4 is 20.7 Å². The Balaban J connectivity index is 1.64. The van der Waals surface area contributed by atoms with E-state index >= 15 is 0 Å². The molecule has 2 atom stereocenters. The van der Waals surface area contributed by atoms with Crippen molar-refractivity contribution in [3.05, 3.63) is 133 Å². The molecule has 246 valence electrons. The zero-order valence-corrected chi connectivity index (χ0v) is 30.8. The van der Waals surface area contributed by atoms with Gasteiger partial charge in [-0.2, -0.15) is 0 Å². The van der Waals surface area contributed by atoms with Crippen molar-refractivity contribution in [2.45, 2.75) is 83.1 Å². The number of allylic oxidation sites excluding steroid dienone is 1. The molecule has 47 heavy (non-hydrogen) atoms. The van der Waals surface area contributed by atoms with E-state index in [1.807, 2.05) is 0 Å². The van der Waals surface area contributed by atoms with E-state index in [0.29, 0.717) is 19.3 Å². The summed E-state index contributed by atoms with van der Waals surface area (Å²) in [5, 5.41) is 4.33. The molecule has 0 saturated heterocycles. The van der Waals surface area contributed by atoms with E-state index in [1.165, 1.54) is 20.7 Å². The van der Waals surface area contributed by atoms with Gasteiger partial charge in [-0.1, -0.05) is 175 Å². The Bertz CT molecular complexity index is 1510. The molecule has 1 aliphatic heterocycles. The van der Waals surface area contributed by atoms with Gasteiger partial charge in [0, 0.05) is 6.42 Å². The zero-order chi connectivity index (χ0) is 33.5. The van der Waals surface area contributed by atoms with Gasteiger partial charge in [-0.05, 0) is 43.7 Å². The number of benzene rings is 4. The number of esters is 1. The van der Waals surface area contributed by atoms with Gasteiger partial charge >= 0.3 is 5.97 Å². The molecule has 0 aromatic heterocycles. The van der Waals surface area contributed by atoms with Crippen LogP contribution in [0.1, 0.15) is 60.8 Å². The summed E-state index contributed by atoms with van der Waals surface area (Å²) in [5.41, 5.74) is 0. The maximum absolute atomic E-state index is 13.4. The Morgan fingerprint density at radius 2 is 1.02 bits per heavy atom. The highest BCUT2D eigenvalue weighted by Crippen LogP contribution is 2.40. The maximum atomic E-state index is 13.4. The molecule has 0 spiro atoms. The quantitative estimate of drug-likeness (QED) is 0.108. The molecule has 0 bridgehead atoms. The van der Waals surface area contributed by atoms with Crippen LogP contribution in [0.2, 0.25) is 10.1 Å². The SMILES string of the molecule is CC(C)(C)[Si](OC[C@H]1OC(=O)CC/C=C\C[C@@H]1O[Si](c1ccccc1)(c1ccccc1)C(C)(C)C)(c1ccccc1)c1ccccc1. The van der Waals surface area contributed by atoms with Gasteiger partial charge in [0.1, 0.15) is 6.10 Å². The van der Waals surface area contributed by atoms with E-state index in [1.54, 1.807) is 0 Å². The molecule has 0 aliphatic carbocycles. The van der Waals surface area contributed by atoms with Crippen molar-refractivity contribution >= 4 is 43.4 Å². The molecule has 0 fully saturated rings. The van der Waals surface area contributed by atoms with Crippen molar-refractivity contribution in [1.29, 1.82) is 0 Å². The van der Waals surface area contributed by atoms with Crippen molar-refractivity contribution in [3.63, 3.8) is 0 Å². The van der Waals surface area contributed by atoms with Gasteiger partial charge in [0.25, 0.3) is 16.6 Å². The van der Waals surface area contributed by atoms with Gasteiger partial charge in [-0.15, -0.1) is 0 Å². The summed E-state index contributed by atoms with van der Waals surface area (Å²) >= 11 is 0. The fourth-order valence-corrected chi connectivity index (χ4v) is 16.4. The maximum Gasteiger partial charge on any atom is 0.306 e. The first-order chi connectivity index (χ1) is 22.5. The van der Waals surface area contributed by atoms with Crippen LogP contribution >= 0.6 is 0 Å². The van der Waals surface area contributed by atoms with E-state index in [9.17, 15) is 4.79 Å². The lowest BCUT2D eigenvalue weighted by molar-refractivity contribution is -0.156. The number of carbonyl (C=O) groups excluding carboxylic acids is 1. The lowest BCUT2D eigenvalue weighted by Gasteiger charge is -2.47. The second-order valence-corrected chi connectivity index (χ2v) is 23.1. The molecule has 1 heterocycles. The normalized spacial score (nSPS) is 18.8. The van der Waals surface area contributed by atoms with E-state index in [0.717, 1.165) is 0 Å². The molecule has 0 N–H and O–H groups in total. The lowest BCUT2D eigenvalue weighted by Crippen LogP contribution is -2.69. The standard InChI is InChI=1S/C41H50O4Si2/c1-40(2,3)46(33-22-12-7-13-23-33,34-24-14-8-15-25-34)43-32-38-37(30-20-11-21-31-39(42)44-38)45-47(41(4,5)6,35-26-16-9-17-27-35)36-28-18-10-19-29-36/h7-20,22-29,37-38H,21,30-32H2,1-6H3/b20-11-/t37-,38+/m0/s1. The van der Waals surface area contributed by atoms with Crippen LogP contribution in [0.4, 0.5) is 0 Å². The molecule has 5 rings (SSSR count). The number of cyclic esters (lactones) is 1. The summed E-state index contributed by atoms with van der Waals surface area (Å²) < 4.78 is 21.5. The van der Waals surface area contributed by atoms with Gasteiger partial charge < -0.3 is 13.6 Å². The first-order valence-corrected chi connectivity index (χ1v) is 20.7. The molecule has 4 aromatic carbocycles. The van der Waals surface area contributed by atoms with Gasteiger partial charge in [0.05, 0.1) is 12.7 Å². The highest BCUT2D eigenvalue weighted by Gasteiger charge is 2.54. The third-order valence-electron chi connectivity index (χ3n) is 9.37. The minimum absolute atomic E-state index is 0.216. The Labute approximate surface area is 284 Å². The summed E-state index contributed by atoms with van der Waals surface area (Å²) in [7, 11) is -5.87. The average Bonchev–Trinajstić information content (AvgIpc) is 3.14. The summed E-state index contributed by atoms with van der Waals surface area (Å²) in [5.74, 6) is -0.219. The Kier molecular flexibility index (Phi) is 10.9. The van der Waals surface area contributed by atoms with Gasteiger partial charge in [0.15, 0.2) is 0 Å². The van der Waals surface area contributed by atoms with Crippen LogP contribution in [0, 0.1) is 0 Å². The first kappa shape index (κ1) is 34.8. The number of rotatable bonds is 9. The number of hydrogen-bond acceptors (Lipinski definition) is 4. The Hall–Kier alpha value is -3.56. The van der Waals surface area contributed by atoms with Crippen LogP contribution in [-0.2, 0) is 18.4 Å². The van der Waals surface area contributed by atoms with Gasteiger partial charge in [-0.3, -0.25) is 4.79 Å². The molecule has 0 unspecified atom stereocenters. The third kappa shape index (κ3) is 7.31. The summed E-state index contributed by atoms with van der Waals surface area (Å²) in [6, 6.07) is 42.6. The second-order valence-electron chi connectivity index (χ2n) is 14.6. The first-order valence-electron chi connectivity index (χ1n) is 16.9. The fraction of sp³-hybridized carbons (Fsp3) is 0.341. The van der Waals surface area contributed by atoms with Crippen molar-refractivity contribution < 1.29 is 18.4 Å². The monoisotopic (exact) mass is 662 g/mol. The largest absolute Gasteiger partial charge is 0.457 e. The minimum atomic E-state index is -2.96. The average molecular weight is 663 g/mol. The Morgan fingerprint density at radius 3 is 1.43 bits per heavy atom. The van der Waals surface area contributed by atoms with Crippen molar-refractivity contribution in [1.82, 2.24) is 0 Å². The molecule has 1 aliphatic rings. The van der Waals surface area contributed by atoms with Gasteiger partial charge in [0.2, 0.25) is 0 Å². The third-order valence-corrected chi connectivity index (χ3v) is 19.4. The molecule has 0 radical (unpaired) electrons. The Morgan fingerprint density at radius 1 is 0.617 bits per heavy atom. The minimum Gasteiger partial charge on any atom is -0.457 e. The van der Waals surface area contributed by atoms with Crippen LogP contribution in [-0.4, -0.2) is 41.4 Å². The molecule has 0 saturated carbocycles. The lowest BCUT2D eigenvalue weighted by atomic mass is 10.1. The highest BCUT2D eigenvalue weighted by atomic mass is 28.4. The smallest absolute Gasteiger partial charge is 0.306 e. The van der Waals surface area contributed by atoms with Crippen molar-refractivity contribution in [2.75, 3.05) is 6.61 Å². The van der Waals surface area contributed by atoms with Crippen LogP contribution in [0.5, 0.6) is 0 Å². The van der Waals surface area contributed by atoms with E-state index < -0.39 is 28.8 Å². The van der Waals surface area contributed by atoms with Crippen molar-refractivity contribution in [3.8, 4) is 0 Å². The summed E-state index contributed by atoms with van der Waals surface area (Å²) in [6.07, 6.45) is 4.83. The molecular formula is C41H50O4Si2. The number of carbonyl (C=O) groups is 1.